The van der Waals surface area contributed by atoms with Crippen molar-refractivity contribution < 1.29 is 22.7 Å². The van der Waals surface area contributed by atoms with E-state index in [1.54, 1.807) is 19.1 Å². The molecule has 2 aromatic rings. The van der Waals surface area contributed by atoms with Crippen molar-refractivity contribution in [3.63, 3.8) is 0 Å². The maximum atomic E-state index is 12.3. The fourth-order valence-corrected chi connectivity index (χ4v) is 4.55. The number of anilines is 2. The fourth-order valence-electron chi connectivity index (χ4n) is 1.92. The Morgan fingerprint density at radius 3 is 2.68 bits per heavy atom. The summed E-state index contributed by atoms with van der Waals surface area (Å²) >= 11 is 8.24. The van der Waals surface area contributed by atoms with Crippen molar-refractivity contribution in [1.82, 2.24) is 10.2 Å². The quantitative estimate of drug-likeness (QED) is 0.358. The third kappa shape index (κ3) is 6.33. The highest BCUT2D eigenvalue weighted by Crippen LogP contribution is 2.27. The van der Waals surface area contributed by atoms with Crippen LogP contribution in [0, 0.1) is 6.92 Å². The van der Waals surface area contributed by atoms with Gasteiger partial charge in [0.1, 0.15) is 6.54 Å². The number of nitrogens with zero attached hydrogens (tertiary/aromatic N) is 3. The molecule has 0 aliphatic rings. The lowest BCUT2D eigenvalue weighted by molar-refractivity contribution is -0.137. The lowest BCUT2D eigenvalue weighted by atomic mass is 10.2. The van der Waals surface area contributed by atoms with Gasteiger partial charge in [-0.15, -0.1) is 10.2 Å². The molecule has 0 saturated carbocycles. The van der Waals surface area contributed by atoms with Crippen LogP contribution in [0.25, 0.3) is 0 Å². The summed E-state index contributed by atoms with van der Waals surface area (Å²) in [6.45, 7) is 1.33. The molecule has 13 heteroatoms. The molecule has 0 aliphatic carbocycles. The summed E-state index contributed by atoms with van der Waals surface area (Å²) in [6.07, 6.45) is 1.00. The Balaban J connectivity index is 2.07. The number of amides is 1. The van der Waals surface area contributed by atoms with Gasteiger partial charge in [-0.05, 0) is 24.6 Å². The highest BCUT2D eigenvalue weighted by molar-refractivity contribution is 8.01. The molecular weight excluding hydrogens is 448 g/mol. The van der Waals surface area contributed by atoms with Gasteiger partial charge < -0.3 is 4.74 Å². The molecule has 28 heavy (non-hydrogen) atoms. The molecule has 0 aliphatic heterocycles. The first-order valence-corrected chi connectivity index (χ1v) is 11.7. The third-order valence-electron chi connectivity index (χ3n) is 3.32. The van der Waals surface area contributed by atoms with Crippen molar-refractivity contribution >= 4 is 67.4 Å². The second kappa shape index (κ2) is 9.54. The summed E-state index contributed by atoms with van der Waals surface area (Å²) in [6, 6.07) is 4.73. The van der Waals surface area contributed by atoms with Crippen LogP contribution in [0.5, 0.6) is 0 Å². The van der Waals surface area contributed by atoms with Crippen LogP contribution in [-0.4, -0.2) is 56.2 Å². The first-order chi connectivity index (χ1) is 13.1. The Morgan fingerprint density at radius 2 is 2.07 bits per heavy atom. The Morgan fingerprint density at radius 1 is 1.36 bits per heavy atom. The average molecular weight is 465 g/mol. The topological polar surface area (TPSA) is 119 Å². The van der Waals surface area contributed by atoms with Crippen molar-refractivity contribution in [2.45, 2.75) is 11.3 Å². The summed E-state index contributed by atoms with van der Waals surface area (Å²) in [4.78, 5) is 23.5. The van der Waals surface area contributed by atoms with Gasteiger partial charge in [0.05, 0.1) is 24.8 Å². The van der Waals surface area contributed by atoms with Gasteiger partial charge in [0.25, 0.3) is 0 Å². The first kappa shape index (κ1) is 22.4. The molecule has 0 radical (unpaired) electrons. The van der Waals surface area contributed by atoms with E-state index in [1.807, 2.05) is 0 Å². The number of benzene rings is 1. The monoisotopic (exact) mass is 464 g/mol. The third-order valence-corrected chi connectivity index (χ3v) is 6.82. The zero-order valence-electron chi connectivity index (χ0n) is 15.1. The van der Waals surface area contributed by atoms with Crippen molar-refractivity contribution in [3.8, 4) is 0 Å². The van der Waals surface area contributed by atoms with Gasteiger partial charge in [0, 0.05) is 5.02 Å². The Kier molecular flexibility index (Phi) is 7.63. The molecule has 1 amide bonds. The summed E-state index contributed by atoms with van der Waals surface area (Å²) in [5, 5.41) is 10.7. The minimum absolute atomic E-state index is 0.0646. The SMILES string of the molecule is COC(=O)CSc1nnc(NC(=O)CN(c2ccc(C)c(Cl)c2)S(C)(=O)=O)s1. The van der Waals surface area contributed by atoms with E-state index in [2.05, 4.69) is 20.3 Å². The number of carbonyl (C=O) groups is 2. The minimum Gasteiger partial charge on any atom is -0.468 e. The molecule has 0 unspecified atom stereocenters. The highest BCUT2D eigenvalue weighted by Gasteiger charge is 2.22. The van der Waals surface area contributed by atoms with Crippen LogP contribution in [0.1, 0.15) is 5.56 Å². The van der Waals surface area contributed by atoms with E-state index >= 15 is 0 Å². The number of aromatic nitrogens is 2. The molecule has 9 nitrogen and oxygen atoms in total. The van der Waals surface area contributed by atoms with Gasteiger partial charge in [-0.2, -0.15) is 0 Å². The van der Waals surface area contributed by atoms with Crippen molar-refractivity contribution in [2.24, 2.45) is 0 Å². The second-order valence-electron chi connectivity index (χ2n) is 5.49. The summed E-state index contributed by atoms with van der Waals surface area (Å²) in [5.74, 6) is -0.941. The van der Waals surface area contributed by atoms with Crippen LogP contribution in [0.4, 0.5) is 10.8 Å². The predicted molar refractivity (Wildman–Crippen MR) is 110 cm³/mol. The Labute approximate surface area is 175 Å². The van der Waals surface area contributed by atoms with Gasteiger partial charge in [-0.3, -0.25) is 19.2 Å². The van der Waals surface area contributed by atoms with Gasteiger partial charge in [-0.1, -0.05) is 40.8 Å². The molecule has 0 fully saturated rings. The molecule has 1 N–H and O–H groups in total. The van der Waals surface area contributed by atoms with Crippen LogP contribution < -0.4 is 9.62 Å². The molecule has 1 heterocycles. The molecule has 0 bridgehead atoms. The zero-order chi connectivity index (χ0) is 20.9. The number of sulfonamides is 1. The van der Waals surface area contributed by atoms with Gasteiger partial charge in [0.2, 0.25) is 21.1 Å². The molecule has 0 atom stereocenters. The Bertz CT molecular complexity index is 980. The molecule has 2 rings (SSSR count). The van der Waals surface area contributed by atoms with E-state index in [1.165, 1.54) is 13.2 Å². The minimum atomic E-state index is -3.73. The lowest BCUT2D eigenvalue weighted by Crippen LogP contribution is -2.37. The molecular formula is C15H17ClN4O5S3. The fraction of sp³-hybridized carbons (Fsp3) is 0.333. The maximum absolute atomic E-state index is 12.3. The summed E-state index contributed by atoms with van der Waals surface area (Å²) in [5.41, 5.74) is 1.06. The molecule has 1 aromatic carbocycles. The largest absolute Gasteiger partial charge is 0.468 e. The van der Waals surface area contributed by atoms with Crippen LogP contribution in [0.2, 0.25) is 5.02 Å². The van der Waals surface area contributed by atoms with Gasteiger partial charge in [0.15, 0.2) is 4.34 Å². The number of hydrogen-bond donors (Lipinski definition) is 1. The Hall–Kier alpha value is -1.89. The zero-order valence-corrected chi connectivity index (χ0v) is 18.3. The van der Waals surface area contributed by atoms with E-state index < -0.39 is 28.4 Å². The van der Waals surface area contributed by atoms with Gasteiger partial charge in [-0.25, -0.2) is 8.42 Å². The smallest absolute Gasteiger partial charge is 0.316 e. The number of nitrogens with one attached hydrogen (secondary N) is 1. The summed E-state index contributed by atoms with van der Waals surface area (Å²) in [7, 11) is -2.44. The predicted octanol–water partition coefficient (Wildman–Crippen LogP) is 2.17. The van der Waals surface area contributed by atoms with Gasteiger partial charge >= 0.3 is 5.97 Å². The number of thioether (sulfide) groups is 1. The number of carbonyl (C=O) groups excluding carboxylic acids is 2. The number of hydrogen-bond acceptors (Lipinski definition) is 9. The van der Waals surface area contributed by atoms with Crippen LogP contribution >= 0.6 is 34.7 Å². The van der Waals surface area contributed by atoms with Crippen molar-refractivity contribution in [2.75, 3.05) is 35.3 Å². The van der Waals surface area contributed by atoms with Crippen LogP contribution in [-0.2, 0) is 24.3 Å². The van der Waals surface area contributed by atoms with E-state index in [4.69, 9.17) is 11.6 Å². The first-order valence-electron chi connectivity index (χ1n) is 7.67. The number of esters is 1. The normalized spacial score (nSPS) is 11.1. The van der Waals surface area contributed by atoms with Crippen LogP contribution in [0.3, 0.4) is 0 Å². The molecule has 0 spiro atoms. The number of rotatable bonds is 8. The lowest BCUT2D eigenvalue weighted by Gasteiger charge is -2.22. The van der Waals surface area contributed by atoms with Crippen molar-refractivity contribution in [3.05, 3.63) is 28.8 Å². The second-order valence-corrected chi connectivity index (χ2v) is 10.0. The number of halogens is 1. The van der Waals surface area contributed by atoms with E-state index in [0.717, 1.165) is 39.2 Å². The molecule has 0 saturated heterocycles. The average Bonchev–Trinajstić information content (AvgIpc) is 3.06. The number of methoxy groups -OCH3 is 1. The van der Waals surface area contributed by atoms with E-state index in [0.29, 0.717) is 9.36 Å². The van der Waals surface area contributed by atoms with E-state index in [9.17, 15) is 18.0 Å². The standard InChI is InChI=1S/C15H17ClN4O5S3/c1-9-4-5-10(6-11(9)16)20(28(3,23)24)7-12(21)17-14-18-19-15(27-14)26-8-13(22)25-2/h4-6H,7-8H2,1-3H3,(H,17,18,21). The number of ether oxygens (including phenoxy) is 1. The highest BCUT2D eigenvalue weighted by atomic mass is 35.5. The summed E-state index contributed by atoms with van der Waals surface area (Å²) < 4.78 is 30.2. The molecule has 1 aromatic heterocycles. The van der Waals surface area contributed by atoms with E-state index in [-0.39, 0.29) is 16.6 Å². The number of aryl methyl sites for hydroxylation is 1. The molecule has 152 valence electrons. The maximum Gasteiger partial charge on any atom is 0.316 e. The van der Waals surface area contributed by atoms with Crippen molar-refractivity contribution in [1.29, 1.82) is 0 Å². The van der Waals surface area contributed by atoms with Crippen LogP contribution in [0.15, 0.2) is 22.5 Å².